The van der Waals surface area contributed by atoms with Crippen LogP contribution in [0.1, 0.15) is 0 Å². The van der Waals surface area contributed by atoms with E-state index in [1.54, 1.807) is 0 Å². The van der Waals surface area contributed by atoms with Gasteiger partial charge in [-0.15, -0.1) is 8.67 Å². The van der Waals surface area contributed by atoms with Crippen LogP contribution in [0, 0.1) is 5.52 Å². The smallest absolute Gasteiger partial charge is 0.214 e. The van der Waals surface area contributed by atoms with E-state index in [2.05, 4.69) is 29.4 Å². The van der Waals surface area contributed by atoms with Gasteiger partial charge in [0.1, 0.15) is 5.69 Å². The maximum atomic E-state index is 10.3. The largest absolute Gasteiger partial charge is 0.505 e. The molecule has 118 valence electrons. The average molecular weight is 348 g/mol. The molecule has 0 aliphatic rings. The lowest BCUT2D eigenvalue weighted by Crippen LogP contribution is -1.92. The molecule has 0 aliphatic heterocycles. The zero-order valence-corrected chi connectivity index (χ0v) is 12.1. The number of anilines is 1. The molecule has 2 rings (SSSR count). The van der Waals surface area contributed by atoms with Gasteiger partial charge in [0.05, 0.1) is 33.9 Å². The van der Waals surface area contributed by atoms with Gasteiger partial charge in [-0.2, -0.15) is 5.11 Å². The van der Waals surface area contributed by atoms with Crippen LogP contribution >= 0.6 is 24.1 Å². The van der Waals surface area contributed by atoms with E-state index in [4.69, 9.17) is 17.7 Å². The summed E-state index contributed by atoms with van der Waals surface area (Å²) >= 11 is 1.12. The van der Waals surface area contributed by atoms with Crippen molar-refractivity contribution in [1.82, 2.24) is 0 Å². The lowest BCUT2D eigenvalue weighted by Gasteiger charge is -2.12. The van der Waals surface area contributed by atoms with Crippen molar-refractivity contribution in [3.05, 3.63) is 18.2 Å². The zero-order valence-electron chi connectivity index (χ0n) is 11.5. The first kappa shape index (κ1) is 15.3. The first-order valence-electron chi connectivity index (χ1n) is 5.81. The van der Waals surface area contributed by atoms with Crippen molar-refractivity contribution in [3.8, 4) is 5.75 Å². The summed E-state index contributed by atoms with van der Waals surface area (Å²) in [6.45, 7) is 0. The molecule has 0 radical (unpaired) electrons. The molecule has 0 atom stereocenters. The number of nitrogen functional groups attached to an aromatic ring is 1. The first-order valence-corrected chi connectivity index (χ1v) is 6.85. The number of phenolic OH excluding ortho intramolecular Hbond substituents is 1. The molecule has 0 aromatic heterocycles. The topological polar surface area (TPSA) is 160 Å². The number of hydrogen-bond acceptors (Lipinski definition) is 12. The molecule has 22 heavy (non-hydrogen) atoms. The standard InChI is InChI=1S/C10H9N3O7S2/c11-6-2-1-4-5(10(6)22-20-18-16)3-7(21-19-17-15)8(13-12)9(4)14/h1-3,12,14-16H,11H2/i/hD. The number of hydrogen-bond donors (Lipinski definition) is 5. The van der Waals surface area contributed by atoms with Gasteiger partial charge in [0.15, 0.2) is 5.75 Å². The molecule has 6 N–H and O–H groups in total. The summed E-state index contributed by atoms with van der Waals surface area (Å²) in [6, 6.07) is 4.49. The summed E-state index contributed by atoms with van der Waals surface area (Å²) in [5.41, 5.74) is 8.90. The third-order valence-corrected chi connectivity index (χ3v) is 3.99. The Hall–Kier alpha value is -1.64. The van der Waals surface area contributed by atoms with E-state index in [1.807, 2.05) is 0 Å². The molecule has 2 aromatic carbocycles. The number of nitrogens with two attached hydrogens (primary N) is 1. The first-order chi connectivity index (χ1) is 11.1. The highest BCUT2D eigenvalue weighted by Gasteiger charge is 2.18. The lowest BCUT2D eigenvalue weighted by atomic mass is 10.1. The molecule has 0 bridgehead atoms. The summed E-state index contributed by atoms with van der Waals surface area (Å²) in [5.74, 6) is -0.311. The monoisotopic (exact) mass is 348 g/mol. The van der Waals surface area contributed by atoms with Crippen molar-refractivity contribution in [2.24, 2.45) is 5.11 Å². The molecule has 0 saturated heterocycles. The summed E-state index contributed by atoms with van der Waals surface area (Å²) in [7, 11) is 0. The number of aromatic hydroxyl groups is 1. The number of phenols is 1. The van der Waals surface area contributed by atoms with Crippen LogP contribution in [0.5, 0.6) is 5.75 Å². The second-order valence-corrected chi connectivity index (χ2v) is 5.16. The molecule has 0 spiro atoms. The number of nitrogens with zero attached hydrogens (tertiary/aromatic N) is 1. The molecule has 0 fully saturated rings. The van der Waals surface area contributed by atoms with Crippen LogP contribution in [-0.2, 0) is 18.7 Å². The van der Waals surface area contributed by atoms with E-state index in [1.165, 1.54) is 18.2 Å². The van der Waals surface area contributed by atoms with Gasteiger partial charge >= 0.3 is 0 Å². The fourth-order valence-electron chi connectivity index (χ4n) is 1.76. The minimum atomic E-state index is -0.311. The normalized spacial score (nSPS) is 12.2. The van der Waals surface area contributed by atoms with Crippen molar-refractivity contribution in [1.29, 1.82) is 5.52 Å². The Morgan fingerprint density at radius 2 is 1.91 bits per heavy atom. The highest BCUT2D eigenvalue weighted by molar-refractivity contribution is 7.95. The number of fused-ring (bicyclic) bond motifs is 1. The van der Waals surface area contributed by atoms with Gasteiger partial charge < -0.3 is 10.8 Å². The summed E-state index contributed by atoms with van der Waals surface area (Å²) in [6.07, 6.45) is 0. The van der Waals surface area contributed by atoms with E-state index in [0.717, 1.165) is 0 Å². The van der Waals surface area contributed by atoms with Crippen LogP contribution < -0.4 is 5.73 Å². The van der Waals surface area contributed by atoms with Gasteiger partial charge in [-0.25, -0.2) is 16.0 Å². The second kappa shape index (κ2) is 7.57. The summed E-state index contributed by atoms with van der Waals surface area (Å²) in [5, 5.41) is 38.1. The SMILES string of the molecule is [2H]N=Nc1c(SOOO)cc2c(SOOO)c(N)ccc2c1O. The maximum Gasteiger partial charge on any atom is 0.214 e. The van der Waals surface area contributed by atoms with E-state index in [0.29, 0.717) is 39.8 Å². The molecule has 12 heteroatoms. The fourth-order valence-corrected chi connectivity index (χ4v) is 2.77. The Morgan fingerprint density at radius 3 is 2.59 bits per heavy atom. The van der Waals surface area contributed by atoms with E-state index >= 15 is 0 Å². The zero-order chi connectivity index (χ0) is 16.8. The molecule has 0 amide bonds. The van der Waals surface area contributed by atoms with Crippen LogP contribution in [-0.4, -0.2) is 15.6 Å². The fraction of sp³-hybridized carbons (Fsp3) is 0. The van der Waals surface area contributed by atoms with Gasteiger partial charge in [0.2, 0.25) is 1.41 Å². The van der Waals surface area contributed by atoms with Gasteiger partial charge in [-0.3, -0.25) is 0 Å². The van der Waals surface area contributed by atoms with Crippen LogP contribution in [0.2, 0.25) is 1.41 Å². The minimum absolute atomic E-state index is 0.0744. The highest BCUT2D eigenvalue weighted by Crippen LogP contribution is 2.46. The molecule has 2 aromatic rings. The Bertz CT molecular complexity index is 733. The van der Waals surface area contributed by atoms with Crippen molar-refractivity contribution in [2.45, 2.75) is 9.79 Å². The molecule has 10 nitrogen and oxygen atoms in total. The maximum absolute atomic E-state index is 10.3. The number of rotatable bonds is 7. The average Bonchev–Trinajstić information content (AvgIpc) is 2.55. The number of benzene rings is 2. The van der Waals surface area contributed by atoms with Crippen LogP contribution in [0.25, 0.3) is 10.8 Å². The quantitative estimate of drug-likeness (QED) is 0.164. The van der Waals surface area contributed by atoms with Crippen molar-refractivity contribution >= 4 is 46.2 Å². The van der Waals surface area contributed by atoms with Crippen LogP contribution in [0.4, 0.5) is 11.4 Å². The lowest BCUT2D eigenvalue weighted by molar-refractivity contribution is -0.432. The Morgan fingerprint density at radius 1 is 1.18 bits per heavy atom. The van der Waals surface area contributed by atoms with Gasteiger partial charge in [-0.1, -0.05) is 10.1 Å². The molecular weight excluding hydrogens is 338 g/mol. The molecule has 0 saturated carbocycles. The van der Waals surface area contributed by atoms with Gasteiger partial charge in [-0.05, 0) is 18.2 Å². The third-order valence-electron chi connectivity index (χ3n) is 2.62. The highest BCUT2D eigenvalue weighted by atomic mass is 32.2. The van der Waals surface area contributed by atoms with Crippen molar-refractivity contribution in [3.63, 3.8) is 0 Å². The Balaban J connectivity index is 2.69. The Labute approximate surface area is 132 Å². The molecule has 0 heterocycles. The molecule has 0 unspecified atom stereocenters. The summed E-state index contributed by atoms with van der Waals surface area (Å²) < 4.78 is 15.5. The molecule has 0 aliphatic carbocycles. The third kappa shape index (κ3) is 3.23. The van der Waals surface area contributed by atoms with Crippen LogP contribution in [0.3, 0.4) is 0 Å². The summed E-state index contributed by atoms with van der Waals surface area (Å²) in [4.78, 5) is 0.491. The van der Waals surface area contributed by atoms with Gasteiger partial charge in [0.25, 0.3) is 0 Å². The molecular formula is C10H9N3O7S2. The van der Waals surface area contributed by atoms with E-state index in [-0.39, 0.29) is 22.0 Å². The van der Waals surface area contributed by atoms with Gasteiger partial charge in [0, 0.05) is 16.5 Å². The van der Waals surface area contributed by atoms with Crippen molar-refractivity contribution in [2.75, 3.05) is 5.73 Å². The minimum Gasteiger partial charge on any atom is -0.505 e. The predicted octanol–water partition coefficient (Wildman–Crippen LogP) is 3.65. The van der Waals surface area contributed by atoms with Crippen LogP contribution in [0.15, 0.2) is 33.1 Å². The van der Waals surface area contributed by atoms with E-state index in [9.17, 15) is 5.11 Å². The van der Waals surface area contributed by atoms with Crippen molar-refractivity contribution < 1.29 is 35.8 Å². The number of nitrogens with one attached hydrogen (secondary N) is 1. The Kier molecular flexibility index (Phi) is 5.25. The predicted molar refractivity (Wildman–Crippen MR) is 76.1 cm³/mol. The van der Waals surface area contributed by atoms with E-state index < -0.39 is 0 Å². The second-order valence-electron chi connectivity index (χ2n) is 3.70.